The third-order valence-electron chi connectivity index (χ3n) is 1.79. The first-order valence-corrected chi connectivity index (χ1v) is 4.53. The average Bonchev–Trinajstić information content (AvgIpc) is 2.14. The van der Waals surface area contributed by atoms with Gasteiger partial charge in [0.1, 0.15) is 0 Å². The molecule has 0 fully saturated rings. The van der Waals surface area contributed by atoms with Crippen LogP contribution in [0.2, 0.25) is 0 Å². The molecule has 3 heteroatoms. The van der Waals surface area contributed by atoms with Gasteiger partial charge in [-0.05, 0) is 30.7 Å². The van der Waals surface area contributed by atoms with Crippen molar-refractivity contribution >= 4 is 0 Å². The van der Waals surface area contributed by atoms with Crippen LogP contribution in [0.4, 0.5) is 0 Å². The summed E-state index contributed by atoms with van der Waals surface area (Å²) in [5.41, 5.74) is 1.31. The van der Waals surface area contributed by atoms with E-state index in [9.17, 15) is 0 Å². The molecule has 0 bridgehead atoms. The van der Waals surface area contributed by atoms with Crippen LogP contribution in [-0.4, -0.2) is 11.5 Å². The fourth-order valence-corrected chi connectivity index (χ4v) is 1.04. The molecular weight excluding hydrogens is 184 g/mol. The van der Waals surface area contributed by atoms with Gasteiger partial charge in [-0.15, -0.1) is 0 Å². The third kappa shape index (κ3) is 5.61. The molecule has 0 atom stereocenters. The number of rotatable bonds is 5. The Morgan fingerprint density at radius 2 is 2.00 bits per heavy atom. The molecule has 1 aromatic rings. The maximum absolute atomic E-state index is 3.96. The van der Waals surface area contributed by atoms with Gasteiger partial charge in [0.2, 0.25) is 0 Å². The fourth-order valence-electron chi connectivity index (χ4n) is 1.04. The predicted octanol–water partition coefficient (Wildman–Crippen LogP) is -1.02. The van der Waals surface area contributed by atoms with E-state index in [4.69, 9.17) is 0 Å². The number of pyridine rings is 1. The van der Waals surface area contributed by atoms with Crippen LogP contribution < -0.4 is 17.7 Å². The summed E-state index contributed by atoms with van der Waals surface area (Å²) < 4.78 is 0. The highest BCUT2D eigenvalue weighted by Crippen LogP contribution is 1.94. The summed E-state index contributed by atoms with van der Waals surface area (Å²) in [6.07, 6.45) is 6.17. The zero-order valence-corrected chi connectivity index (χ0v) is 8.72. The molecule has 0 aromatic carbocycles. The molecule has 1 aromatic heterocycles. The molecule has 13 heavy (non-hydrogen) atoms. The van der Waals surface area contributed by atoms with Gasteiger partial charge in [0.05, 0.1) is 0 Å². The zero-order chi connectivity index (χ0) is 8.65. The second-order valence-corrected chi connectivity index (χ2v) is 2.89. The summed E-state index contributed by atoms with van der Waals surface area (Å²) in [4.78, 5) is 3.96. The molecule has 0 spiro atoms. The number of aromatic nitrogens is 1. The zero-order valence-electron chi connectivity index (χ0n) is 7.96. The molecule has 74 valence electrons. The lowest BCUT2D eigenvalue weighted by Gasteiger charge is -2.02. The number of unbranched alkanes of at least 4 members (excludes halogenated alkanes) is 1. The molecule has 0 saturated heterocycles. The molecule has 0 unspecified atom stereocenters. The van der Waals surface area contributed by atoms with Crippen LogP contribution in [0.1, 0.15) is 25.3 Å². The van der Waals surface area contributed by atoms with Crippen molar-refractivity contribution in [2.45, 2.75) is 26.3 Å². The van der Waals surface area contributed by atoms with E-state index >= 15 is 0 Å². The van der Waals surface area contributed by atoms with E-state index < -0.39 is 0 Å². The number of hydrogen-bond acceptors (Lipinski definition) is 2. The van der Waals surface area contributed by atoms with Gasteiger partial charge in [-0.3, -0.25) is 4.98 Å². The van der Waals surface area contributed by atoms with Crippen molar-refractivity contribution in [2.24, 2.45) is 0 Å². The molecule has 0 radical (unpaired) electrons. The summed E-state index contributed by atoms with van der Waals surface area (Å²) in [6, 6.07) is 4.08. The van der Waals surface area contributed by atoms with Gasteiger partial charge in [0, 0.05) is 18.9 Å². The lowest BCUT2D eigenvalue weighted by Crippen LogP contribution is -3.00. The number of halogens is 1. The van der Waals surface area contributed by atoms with Crippen LogP contribution in [0.5, 0.6) is 0 Å². The van der Waals surface area contributed by atoms with Gasteiger partial charge in [-0.1, -0.05) is 13.3 Å². The van der Waals surface area contributed by atoms with Crippen molar-refractivity contribution in [1.82, 2.24) is 10.3 Å². The first-order valence-electron chi connectivity index (χ1n) is 4.53. The van der Waals surface area contributed by atoms with Crippen molar-refractivity contribution in [3.8, 4) is 0 Å². The highest BCUT2D eigenvalue weighted by atomic mass is 35.5. The summed E-state index contributed by atoms with van der Waals surface area (Å²) in [7, 11) is 0. The fraction of sp³-hybridized carbons (Fsp3) is 0.500. The molecule has 0 aliphatic heterocycles. The monoisotopic (exact) mass is 199 g/mol. The van der Waals surface area contributed by atoms with Crippen molar-refractivity contribution < 1.29 is 12.4 Å². The second kappa shape index (κ2) is 8.02. The Balaban J connectivity index is 0.00000144. The van der Waals surface area contributed by atoms with Gasteiger partial charge in [-0.2, -0.15) is 0 Å². The molecule has 0 amide bonds. The Labute approximate surface area is 86.2 Å². The Kier molecular flexibility index (Phi) is 7.65. The number of nitrogens with one attached hydrogen (secondary N) is 1. The lowest BCUT2D eigenvalue weighted by atomic mass is 10.2. The SMILES string of the molecule is CCCCNCc1ccncc1.[Cl-]. The van der Waals surface area contributed by atoms with E-state index in [1.165, 1.54) is 18.4 Å². The molecular formula is C10H16ClN2-. The predicted molar refractivity (Wildman–Crippen MR) is 50.9 cm³/mol. The van der Waals surface area contributed by atoms with E-state index in [0.717, 1.165) is 13.1 Å². The van der Waals surface area contributed by atoms with Crippen molar-refractivity contribution in [3.05, 3.63) is 30.1 Å². The molecule has 0 aliphatic carbocycles. The van der Waals surface area contributed by atoms with Gasteiger partial charge >= 0.3 is 0 Å². The molecule has 1 N–H and O–H groups in total. The first-order chi connectivity index (χ1) is 5.93. The molecule has 1 heterocycles. The van der Waals surface area contributed by atoms with E-state index in [0.29, 0.717) is 0 Å². The minimum absolute atomic E-state index is 0. The van der Waals surface area contributed by atoms with Crippen LogP contribution in [0, 0.1) is 0 Å². The topological polar surface area (TPSA) is 24.9 Å². The Morgan fingerprint density at radius 3 is 2.62 bits per heavy atom. The lowest BCUT2D eigenvalue weighted by molar-refractivity contribution is -0.00000267. The quantitative estimate of drug-likeness (QED) is 0.614. The van der Waals surface area contributed by atoms with Gasteiger partial charge in [0.15, 0.2) is 0 Å². The second-order valence-electron chi connectivity index (χ2n) is 2.89. The largest absolute Gasteiger partial charge is 1.00 e. The Bertz CT molecular complexity index is 201. The summed E-state index contributed by atoms with van der Waals surface area (Å²) in [5.74, 6) is 0. The van der Waals surface area contributed by atoms with E-state index in [1.807, 2.05) is 24.5 Å². The van der Waals surface area contributed by atoms with Crippen LogP contribution >= 0.6 is 0 Å². The third-order valence-corrected chi connectivity index (χ3v) is 1.79. The highest BCUT2D eigenvalue weighted by Gasteiger charge is 1.89. The van der Waals surface area contributed by atoms with E-state index in [2.05, 4.69) is 17.2 Å². The average molecular weight is 200 g/mol. The first kappa shape index (κ1) is 12.4. The minimum Gasteiger partial charge on any atom is -1.00 e. The number of nitrogens with zero attached hydrogens (tertiary/aromatic N) is 1. The Hall–Kier alpha value is -0.600. The Morgan fingerprint density at radius 1 is 1.31 bits per heavy atom. The van der Waals surface area contributed by atoms with Crippen LogP contribution in [0.25, 0.3) is 0 Å². The van der Waals surface area contributed by atoms with Crippen LogP contribution in [-0.2, 0) is 6.54 Å². The minimum atomic E-state index is 0. The van der Waals surface area contributed by atoms with Gasteiger partial charge in [-0.25, -0.2) is 0 Å². The van der Waals surface area contributed by atoms with Crippen molar-refractivity contribution in [2.75, 3.05) is 6.54 Å². The smallest absolute Gasteiger partial charge is 0.0271 e. The summed E-state index contributed by atoms with van der Waals surface area (Å²) >= 11 is 0. The van der Waals surface area contributed by atoms with Crippen LogP contribution in [0.15, 0.2) is 24.5 Å². The van der Waals surface area contributed by atoms with Gasteiger partial charge < -0.3 is 17.7 Å². The molecule has 1 rings (SSSR count). The van der Waals surface area contributed by atoms with E-state index in [1.54, 1.807) is 0 Å². The van der Waals surface area contributed by atoms with Crippen molar-refractivity contribution in [1.29, 1.82) is 0 Å². The molecule has 2 nitrogen and oxygen atoms in total. The normalized spacial score (nSPS) is 9.31. The summed E-state index contributed by atoms with van der Waals surface area (Å²) in [6.45, 7) is 4.27. The highest BCUT2D eigenvalue weighted by molar-refractivity contribution is 5.08. The number of hydrogen-bond donors (Lipinski definition) is 1. The molecule has 0 aliphatic rings. The standard InChI is InChI=1S/C10H16N2.ClH/c1-2-3-6-12-9-10-4-7-11-8-5-10;/h4-5,7-8,12H,2-3,6,9H2,1H3;1H/p-1. The molecule has 0 saturated carbocycles. The van der Waals surface area contributed by atoms with Gasteiger partial charge in [0.25, 0.3) is 0 Å². The van der Waals surface area contributed by atoms with Crippen molar-refractivity contribution in [3.63, 3.8) is 0 Å². The summed E-state index contributed by atoms with van der Waals surface area (Å²) in [5, 5.41) is 3.37. The van der Waals surface area contributed by atoms with E-state index in [-0.39, 0.29) is 12.4 Å². The van der Waals surface area contributed by atoms with Crippen LogP contribution in [0.3, 0.4) is 0 Å². The maximum atomic E-state index is 3.96. The maximum Gasteiger partial charge on any atom is 0.0271 e.